The van der Waals surface area contributed by atoms with Crippen molar-refractivity contribution in [1.29, 1.82) is 0 Å². The number of aromatic nitrogens is 2. The Hall–Kier alpha value is -1.50. The van der Waals surface area contributed by atoms with Gasteiger partial charge in [0.2, 0.25) is 0 Å². The molecule has 1 unspecified atom stereocenters. The van der Waals surface area contributed by atoms with Crippen LogP contribution in [0.4, 0.5) is 5.82 Å². The maximum atomic E-state index is 5.95. The molecule has 22 heavy (non-hydrogen) atoms. The van der Waals surface area contributed by atoms with Crippen molar-refractivity contribution < 1.29 is 4.74 Å². The second kappa shape index (κ2) is 5.95. The van der Waals surface area contributed by atoms with Crippen molar-refractivity contribution in [1.82, 2.24) is 9.97 Å². The van der Waals surface area contributed by atoms with E-state index in [1.165, 1.54) is 4.88 Å². The molecule has 0 aliphatic carbocycles. The highest BCUT2D eigenvalue weighted by atomic mass is 32.1. The van der Waals surface area contributed by atoms with Gasteiger partial charge in [-0.3, -0.25) is 0 Å². The lowest BCUT2D eigenvalue weighted by Gasteiger charge is -2.33. The number of hydrogen-bond donors (Lipinski definition) is 0. The molecule has 4 rings (SSSR count). The number of anilines is 1. The standard InChI is InChI=1S/C16H17N3OS2/c1-2-14-17-15(11-5-9-22-16(11)18-14)19-6-7-20-12(10-19)13-4-3-8-21-13/h3-5,8-9,12H,2,6-7,10H2,1H3. The molecule has 0 N–H and O–H groups in total. The molecule has 6 heteroatoms. The predicted octanol–water partition coefficient (Wildman–Crippen LogP) is 3.89. The van der Waals surface area contributed by atoms with Crippen molar-refractivity contribution >= 4 is 38.7 Å². The van der Waals surface area contributed by atoms with Gasteiger partial charge in [-0.2, -0.15) is 0 Å². The molecule has 114 valence electrons. The van der Waals surface area contributed by atoms with E-state index < -0.39 is 0 Å². The fourth-order valence-electron chi connectivity index (χ4n) is 2.77. The number of ether oxygens (including phenoxy) is 1. The van der Waals surface area contributed by atoms with Crippen molar-refractivity contribution in [3.05, 3.63) is 39.7 Å². The first kappa shape index (κ1) is 14.1. The highest BCUT2D eigenvalue weighted by Crippen LogP contribution is 2.32. The topological polar surface area (TPSA) is 38.2 Å². The van der Waals surface area contributed by atoms with Crippen LogP contribution in [0.2, 0.25) is 0 Å². The Morgan fingerprint density at radius 1 is 1.27 bits per heavy atom. The number of fused-ring (bicyclic) bond motifs is 1. The van der Waals surface area contributed by atoms with Crippen LogP contribution < -0.4 is 4.90 Å². The summed E-state index contributed by atoms with van der Waals surface area (Å²) >= 11 is 3.44. The third-order valence-electron chi connectivity index (χ3n) is 3.89. The van der Waals surface area contributed by atoms with Crippen molar-refractivity contribution in [3.63, 3.8) is 0 Å². The maximum Gasteiger partial charge on any atom is 0.141 e. The van der Waals surface area contributed by atoms with E-state index in [0.29, 0.717) is 0 Å². The lowest BCUT2D eigenvalue weighted by Crippen LogP contribution is -2.38. The largest absolute Gasteiger partial charge is 0.369 e. The van der Waals surface area contributed by atoms with Gasteiger partial charge in [0.25, 0.3) is 0 Å². The van der Waals surface area contributed by atoms with Gasteiger partial charge in [0.05, 0.1) is 18.5 Å². The molecule has 4 nitrogen and oxygen atoms in total. The van der Waals surface area contributed by atoms with E-state index in [1.54, 1.807) is 22.7 Å². The number of morpholine rings is 1. The van der Waals surface area contributed by atoms with Gasteiger partial charge in [-0.25, -0.2) is 9.97 Å². The summed E-state index contributed by atoms with van der Waals surface area (Å²) in [5, 5.41) is 5.36. The van der Waals surface area contributed by atoms with Gasteiger partial charge >= 0.3 is 0 Å². The Morgan fingerprint density at radius 3 is 3.05 bits per heavy atom. The van der Waals surface area contributed by atoms with Gasteiger partial charge in [0.15, 0.2) is 0 Å². The first-order valence-corrected chi connectivity index (χ1v) is 9.25. The van der Waals surface area contributed by atoms with Crippen LogP contribution in [-0.2, 0) is 11.2 Å². The zero-order chi connectivity index (χ0) is 14.9. The molecule has 1 atom stereocenters. The van der Waals surface area contributed by atoms with E-state index in [-0.39, 0.29) is 6.10 Å². The van der Waals surface area contributed by atoms with Gasteiger partial charge in [-0.15, -0.1) is 22.7 Å². The van der Waals surface area contributed by atoms with Crippen LogP contribution in [0, 0.1) is 0 Å². The molecule has 4 heterocycles. The lowest BCUT2D eigenvalue weighted by atomic mass is 10.2. The minimum Gasteiger partial charge on any atom is -0.369 e. The van der Waals surface area contributed by atoms with E-state index in [4.69, 9.17) is 9.72 Å². The molecular weight excluding hydrogens is 314 g/mol. The van der Waals surface area contributed by atoms with Gasteiger partial charge < -0.3 is 9.64 Å². The third kappa shape index (κ3) is 2.51. The Labute approximate surface area is 137 Å². The van der Waals surface area contributed by atoms with Gasteiger partial charge in [0.1, 0.15) is 22.6 Å². The van der Waals surface area contributed by atoms with Crippen LogP contribution >= 0.6 is 22.7 Å². The molecule has 0 aromatic carbocycles. The van der Waals surface area contributed by atoms with Crippen molar-refractivity contribution in [2.75, 3.05) is 24.6 Å². The number of thiophene rings is 2. The Morgan fingerprint density at radius 2 is 2.23 bits per heavy atom. The van der Waals surface area contributed by atoms with E-state index in [0.717, 1.165) is 48.0 Å². The third-order valence-corrected chi connectivity index (χ3v) is 5.66. The molecule has 1 saturated heterocycles. The smallest absolute Gasteiger partial charge is 0.141 e. The van der Waals surface area contributed by atoms with Crippen LogP contribution in [0.15, 0.2) is 29.0 Å². The summed E-state index contributed by atoms with van der Waals surface area (Å²) in [6.07, 6.45) is 1.00. The average Bonchev–Trinajstić information content (AvgIpc) is 3.25. The average molecular weight is 331 g/mol. The van der Waals surface area contributed by atoms with Crippen LogP contribution in [0.25, 0.3) is 10.2 Å². The van der Waals surface area contributed by atoms with E-state index in [1.807, 2.05) is 0 Å². The molecule has 0 bridgehead atoms. The Balaban J connectivity index is 1.70. The summed E-state index contributed by atoms with van der Waals surface area (Å²) < 4.78 is 5.95. The minimum absolute atomic E-state index is 0.141. The molecule has 1 aliphatic heterocycles. The summed E-state index contributed by atoms with van der Waals surface area (Å²) in [4.78, 5) is 14.2. The molecule has 1 fully saturated rings. The number of nitrogens with zero attached hydrogens (tertiary/aromatic N) is 3. The van der Waals surface area contributed by atoms with E-state index in [9.17, 15) is 0 Å². The highest BCUT2D eigenvalue weighted by Gasteiger charge is 2.25. The molecular formula is C16H17N3OS2. The first-order valence-electron chi connectivity index (χ1n) is 7.49. The summed E-state index contributed by atoms with van der Waals surface area (Å²) in [6, 6.07) is 6.36. The van der Waals surface area contributed by atoms with E-state index in [2.05, 4.69) is 45.8 Å². The molecule has 1 aliphatic rings. The molecule has 0 amide bonds. The van der Waals surface area contributed by atoms with Crippen LogP contribution in [0.1, 0.15) is 23.7 Å². The monoisotopic (exact) mass is 331 g/mol. The van der Waals surface area contributed by atoms with Crippen molar-refractivity contribution in [2.24, 2.45) is 0 Å². The molecule has 3 aromatic rings. The number of hydrogen-bond acceptors (Lipinski definition) is 6. The number of aryl methyl sites for hydroxylation is 1. The second-order valence-electron chi connectivity index (χ2n) is 5.28. The highest BCUT2D eigenvalue weighted by molar-refractivity contribution is 7.16. The van der Waals surface area contributed by atoms with Gasteiger partial charge in [-0.1, -0.05) is 13.0 Å². The minimum atomic E-state index is 0.141. The van der Waals surface area contributed by atoms with Gasteiger partial charge in [0, 0.05) is 17.8 Å². The first-order chi connectivity index (χ1) is 10.8. The normalized spacial score (nSPS) is 19.0. The maximum absolute atomic E-state index is 5.95. The fourth-order valence-corrected chi connectivity index (χ4v) is 4.31. The van der Waals surface area contributed by atoms with E-state index >= 15 is 0 Å². The zero-order valence-corrected chi connectivity index (χ0v) is 14.0. The van der Waals surface area contributed by atoms with Crippen LogP contribution in [0.5, 0.6) is 0 Å². The van der Waals surface area contributed by atoms with Crippen LogP contribution in [-0.4, -0.2) is 29.7 Å². The van der Waals surface area contributed by atoms with Crippen LogP contribution in [0.3, 0.4) is 0 Å². The summed E-state index contributed by atoms with van der Waals surface area (Å²) in [6.45, 7) is 4.57. The Bertz CT molecular complexity index is 769. The number of rotatable bonds is 3. The lowest BCUT2D eigenvalue weighted by molar-refractivity contribution is 0.0419. The summed E-state index contributed by atoms with van der Waals surface area (Å²) in [7, 11) is 0. The SMILES string of the molecule is CCc1nc(N2CCOC(c3cccs3)C2)c2ccsc2n1. The fraction of sp³-hybridized carbons (Fsp3) is 0.375. The van der Waals surface area contributed by atoms with Crippen molar-refractivity contribution in [2.45, 2.75) is 19.4 Å². The summed E-state index contributed by atoms with van der Waals surface area (Å²) in [5.74, 6) is 1.98. The molecule has 0 radical (unpaired) electrons. The Kier molecular flexibility index (Phi) is 3.82. The van der Waals surface area contributed by atoms with Crippen molar-refractivity contribution in [3.8, 4) is 0 Å². The summed E-state index contributed by atoms with van der Waals surface area (Å²) in [5.41, 5.74) is 0. The predicted molar refractivity (Wildman–Crippen MR) is 92.0 cm³/mol. The zero-order valence-electron chi connectivity index (χ0n) is 12.4. The molecule has 0 saturated carbocycles. The van der Waals surface area contributed by atoms with Gasteiger partial charge in [-0.05, 0) is 22.9 Å². The molecule has 0 spiro atoms. The second-order valence-corrected chi connectivity index (χ2v) is 7.15. The quantitative estimate of drug-likeness (QED) is 0.730. The molecule has 3 aromatic heterocycles.